The van der Waals surface area contributed by atoms with E-state index in [9.17, 15) is 38.2 Å². The number of nitro groups is 2. The smallest absolute Gasteiger partial charge is 0.272 e. The van der Waals surface area contributed by atoms with Gasteiger partial charge in [0, 0.05) is 12.2 Å². The lowest BCUT2D eigenvalue weighted by atomic mass is 10.1. The number of sulfone groups is 1. The number of hydrogen-bond donors (Lipinski definition) is 0. The standard InChI is InChI=1S/C12H8N2O8S/c15-9-5-7(13(17)18)1-3-11(9)23(21,22)12-4-2-8(14(19)20)6-10(12)16/h1-6,11-12H. The van der Waals surface area contributed by atoms with Crippen LogP contribution in [-0.2, 0) is 19.4 Å². The molecule has 23 heavy (non-hydrogen) atoms. The second kappa shape index (κ2) is 5.68. The van der Waals surface area contributed by atoms with Crippen molar-refractivity contribution in [3.05, 3.63) is 68.1 Å². The Balaban J connectivity index is 2.32. The third-order valence-electron chi connectivity index (χ3n) is 3.15. The van der Waals surface area contributed by atoms with Crippen LogP contribution in [0.1, 0.15) is 0 Å². The highest BCUT2D eigenvalue weighted by molar-refractivity contribution is 7.94. The Kier molecular flexibility index (Phi) is 4.06. The van der Waals surface area contributed by atoms with Gasteiger partial charge in [0.1, 0.15) is 10.5 Å². The highest BCUT2D eigenvalue weighted by Gasteiger charge is 2.42. The van der Waals surface area contributed by atoms with Gasteiger partial charge in [0.15, 0.2) is 21.4 Å². The van der Waals surface area contributed by atoms with E-state index in [0.29, 0.717) is 12.2 Å². The summed E-state index contributed by atoms with van der Waals surface area (Å²) in [7, 11) is -4.39. The molecular formula is C12H8N2O8S. The van der Waals surface area contributed by atoms with Gasteiger partial charge in [-0.25, -0.2) is 8.42 Å². The van der Waals surface area contributed by atoms with Crippen LogP contribution in [0.5, 0.6) is 0 Å². The maximum absolute atomic E-state index is 12.4. The summed E-state index contributed by atoms with van der Waals surface area (Å²) in [6.45, 7) is 0. The Bertz CT molecular complexity index is 782. The lowest BCUT2D eigenvalue weighted by Crippen LogP contribution is -2.40. The summed E-state index contributed by atoms with van der Waals surface area (Å²) in [5, 5.41) is 17.6. The molecule has 2 unspecified atom stereocenters. The average molecular weight is 340 g/mol. The normalized spacial score (nSPS) is 24.2. The maximum Gasteiger partial charge on any atom is 0.272 e. The number of ketones is 2. The molecule has 0 saturated heterocycles. The zero-order valence-corrected chi connectivity index (χ0v) is 12.0. The van der Waals surface area contributed by atoms with Crippen molar-refractivity contribution in [3.8, 4) is 0 Å². The highest BCUT2D eigenvalue weighted by atomic mass is 32.2. The summed E-state index contributed by atoms with van der Waals surface area (Å²) < 4.78 is 24.7. The molecule has 10 nitrogen and oxygen atoms in total. The number of carbonyl (C=O) groups is 2. The van der Waals surface area contributed by atoms with Crippen molar-refractivity contribution in [3.63, 3.8) is 0 Å². The predicted molar refractivity (Wildman–Crippen MR) is 74.9 cm³/mol. The molecular weight excluding hydrogens is 332 g/mol. The minimum absolute atomic E-state index is 0.567. The van der Waals surface area contributed by atoms with E-state index in [4.69, 9.17) is 0 Å². The molecule has 0 saturated carbocycles. The highest BCUT2D eigenvalue weighted by Crippen LogP contribution is 2.23. The molecule has 0 amide bonds. The van der Waals surface area contributed by atoms with Crippen molar-refractivity contribution in [1.29, 1.82) is 0 Å². The molecule has 0 aromatic heterocycles. The van der Waals surface area contributed by atoms with Crippen molar-refractivity contribution in [2.24, 2.45) is 0 Å². The van der Waals surface area contributed by atoms with Crippen LogP contribution in [0.2, 0.25) is 0 Å². The topological polar surface area (TPSA) is 155 Å². The van der Waals surface area contributed by atoms with Crippen LogP contribution in [0.15, 0.2) is 47.9 Å². The van der Waals surface area contributed by atoms with E-state index in [2.05, 4.69) is 0 Å². The summed E-state index contributed by atoms with van der Waals surface area (Å²) in [5.74, 6) is -2.10. The number of hydrogen-bond acceptors (Lipinski definition) is 8. The number of allylic oxidation sites excluding steroid dienone is 4. The molecule has 0 heterocycles. The van der Waals surface area contributed by atoms with Gasteiger partial charge in [-0.2, -0.15) is 0 Å². The first-order valence-corrected chi connectivity index (χ1v) is 7.64. The minimum atomic E-state index is -4.39. The van der Waals surface area contributed by atoms with Gasteiger partial charge in [0.25, 0.3) is 11.4 Å². The zero-order valence-electron chi connectivity index (χ0n) is 11.2. The summed E-state index contributed by atoms with van der Waals surface area (Å²) in [5.41, 5.74) is -1.13. The molecule has 0 radical (unpaired) electrons. The van der Waals surface area contributed by atoms with Gasteiger partial charge in [-0.15, -0.1) is 0 Å². The van der Waals surface area contributed by atoms with E-state index < -0.39 is 53.1 Å². The molecule has 0 N–H and O–H groups in total. The van der Waals surface area contributed by atoms with Gasteiger partial charge < -0.3 is 0 Å². The number of carbonyl (C=O) groups excluding carboxylic acids is 2. The van der Waals surface area contributed by atoms with Gasteiger partial charge in [-0.3, -0.25) is 29.8 Å². The molecule has 2 atom stereocenters. The fraction of sp³-hybridized carbons (Fsp3) is 0.167. The largest absolute Gasteiger partial charge is 0.293 e. The van der Waals surface area contributed by atoms with Crippen molar-refractivity contribution in [2.75, 3.05) is 0 Å². The number of nitrogens with zero attached hydrogens (tertiary/aromatic N) is 2. The first kappa shape index (κ1) is 16.4. The molecule has 0 bridgehead atoms. The van der Waals surface area contributed by atoms with E-state index in [1.54, 1.807) is 0 Å². The van der Waals surface area contributed by atoms with Crippen LogP contribution in [-0.4, -0.2) is 40.3 Å². The van der Waals surface area contributed by atoms with E-state index in [-0.39, 0.29) is 0 Å². The number of rotatable bonds is 4. The Hall–Kier alpha value is -2.95. The molecule has 0 fully saturated rings. The first-order chi connectivity index (χ1) is 10.6. The Morgan fingerprint density at radius 2 is 1.17 bits per heavy atom. The summed E-state index contributed by atoms with van der Waals surface area (Å²) >= 11 is 0. The van der Waals surface area contributed by atoms with Crippen molar-refractivity contribution < 1.29 is 27.9 Å². The molecule has 120 valence electrons. The summed E-state index contributed by atoms with van der Waals surface area (Å²) in [6, 6.07) is 0. The molecule has 0 spiro atoms. The quantitative estimate of drug-likeness (QED) is 0.500. The van der Waals surface area contributed by atoms with Crippen molar-refractivity contribution in [2.45, 2.75) is 10.5 Å². The Morgan fingerprint density at radius 1 is 0.826 bits per heavy atom. The van der Waals surface area contributed by atoms with Crippen LogP contribution in [0.25, 0.3) is 0 Å². The van der Waals surface area contributed by atoms with E-state index in [1.807, 2.05) is 0 Å². The molecule has 0 aromatic carbocycles. The molecule has 2 aliphatic rings. The van der Waals surface area contributed by atoms with E-state index in [1.165, 1.54) is 0 Å². The van der Waals surface area contributed by atoms with Gasteiger partial charge >= 0.3 is 0 Å². The zero-order chi connectivity index (χ0) is 17.4. The lowest BCUT2D eigenvalue weighted by Gasteiger charge is -2.19. The molecule has 11 heteroatoms. The van der Waals surface area contributed by atoms with Crippen LogP contribution in [0.3, 0.4) is 0 Å². The second-order valence-corrected chi connectivity index (χ2v) is 6.80. The van der Waals surface area contributed by atoms with Crippen LogP contribution >= 0.6 is 0 Å². The minimum Gasteiger partial charge on any atom is -0.293 e. The monoisotopic (exact) mass is 340 g/mol. The predicted octanol–water partition coefficient (Wildman–Crippen LogP) is -0.263. The van der Waals surface area contributed by atoms with Crippen LogP contribution in [0.4, 0.5) is 0 Å². The molecule has 0 aliphatic heterocycles. The lowest BCUT2D eigenvalue weighted by molar-refractivity contribution is -0.419. The van der Waals surface area contributed by atoms with Gasteiger partial charge in [0.2, 0.25) is 0 Å². The summed E-state index contributed by atoms with van der Waals surface area (Å²) in [6.07, 6.45) is 4.50. The molecule has 0 aromatic rings. The maximum atomic E-state index is 12.4. The first-order valence-electron chi connectivity index (χ1n) is 6.03. The van der Waals surface area contributed by atoms with Crippen LogP contribution in [0, 0.1) is 20.2 Å². The van der Waals surface area contributed by atoms with Gasteiger partial charge in [-0.1, -0.05) is 12.2 Å². The van der Waals surface area contributed by atoms with Crippen molar-refractivity contribution >= 4 is 21.4 Å². The third kappa shape index (κ3) is 2.99. The van der Waals surface area contributed by atoms with Crippen LogP contribution < -0.4 is 0 Å². The van der Waals surface area contributed by atoms with E-state index in [0.717, 1.165) is 24.3 Å². The SMILES string of the molecule is O=C1C=C([N+](=O)[O-])C=CC1S(=O)(=O)C1C=CC([N+](=O)[O-])=CC1=O. The fourth-order valence-corrected chi connectivity index (χ4v) is 3.74. The van der Waals surface area contributed by atoms with Gasteiger partial charge in [-0.05, 0) is 0 Å². The summed E-state index contributed by atoms with van der Waals surface area (Å²) in [4.78, 5) is 43.0. The Morgan fingerprint density at radius 3 is 1.43 bits per heavy atom. The Labute approximate surface area is 128 Å². The fourth-order valence-electron chi connectivity index (χ4n) is 2.04. The third-order valence-corrected chi connectivity index (χ3v) is 5.35. The second-order valence-electron chi connectivity index (χ2n) is 4.61. The van der Waals surface area contributed by atoms with Gasteiger partial charge in [0.05, 0.1) is 22.0 Å². The average Bonchev–Trinajstić information content (AvgIpc) is 2.46. The molecule has 2 aliphatic carbocycles. The van der Waals surface area contributed by atoms with Crippen molar-refractivity contribution in [1.82, 2.24) is 0 Å². The van der Waals surface area contributed by atoms with E-state index >= 15 is 0 Å². The molecule has 2 rings (SSSR count).